The second-order valence-electron chi connectivity index (χ2n) is 6.48. The molecule has 5 nitrogen and oxygen atoms in total. The second kappa shape index (κ2) is 8.02. The Bertz CT molecular complexity index is 1230. The molecule has 4 rings (SSSR count). The van der Waals surface area contributed by atoms with E-state index in [-0.39, 0.29) is 5.56 Å². The number of para-hydroxylation sites is 2. The topological polar surface area (TPSA) is 52.8 Å². The van der Waals surface area contributed by atoms with Crippen molar-refractivity contribution in [1.82, 2.24) is 9.38 Å². The van der Waals surface area contributed by atoms with Crippen molar-refractivity contribution in [3.63, 3.8) is 0 Å². The first-order chi connectivity index (χ1) is 13.7. The molecule has 2 aromatic heterocycles. The molecule has 0 aliphatic rings. The molecule has 2 heterocycles. The van der Waals surface area contributed by atoms with Crippen LogP contribution < -0.4 is 19.6 Å². The molecule has 0 amide bonds. The molecular formula is C22H22N2O3S. The summed E-state index contributed by atoms with van der Waals surface area (Å²) in [6.07, 6.45) is 3.97. The summed E-state index contributed by atoms with van der Waals surface area (Å²) in [7, 11) is 0. The predicted octanol–water partition coefficient (Wildman–Crippen LogP) is 4.03. The zero-order valence-corrected chi connectivity index (χ0v) is 16.8. The van der Waals surface area contributed by atoms with E-state index < -0.39 is 0 Å². The van der Waals surface area contributed by atoms with Crippen molar-refractivity contribution in [2.45, 2.75) is 26.7 Å². The number of aromatic nitrogens is 2. The number of hydrogen-bond donors (Lipinski definition) is 0. The van der Waals surface area contributed by atoms with Crippen LogP contribution in [-0.4, -0.2) is 22.6 Å². The molecule has 0 radical (unpaired) electrons. The van der Waals surface area contributed by atoms with Gasteiger partial charge in [-0.05, 0) is 49.2 Å². The zero-order chi connectivity index (χ0) is 19.5. The van der Waals surface area contributed by atoms with Gasteiger partial charge in [0.25, 0.3) is 5.56 Å². The van der Waals surface area contributed by atoms with E-state index in [4.69, 9.17) is 9.47 Å². The first kappa shape index (κ1) is 18.5. The number of ether oxygens (including phenoxy) is 2. The highest BCUT2D eigenvalue weighted by Crippen LogP contribution is 2.29. The normalized spacial score (nSPS) is 12.1. The Kier molecular flexibility index (Phi) is 5.30. The van der Waals surface area contributed by atoms with Crippen LogP contribution in [0.25, 0.3) is 22.1 Å². The second-order valence-corrected chi connectivity index (χ2v) is 7.48. The molecule has 0 bridgehead atoms. The number of rotatable bonds is 7. The van der Waals surface area contributed by atoms with Gasteiger partial charge < -0.3 is 9.47 Å². The Morgan fingerprint density at radius 2 is 1.96 bits per heavy atom. The number of unbranched alkanes of at least 4 members (excludes halogenated alkanes) is 1. The zero-order valence-electron chi connectivity index (χ0n) is 16.0. The molecule has 144 valence electrons. The van der Waals surface area contributed by atoms with Crippen LogP contribution in [0.2, 0.25) is 0 Å². The van der Waals surface area contributed by atoms with E-state index in [0.29, 0.717) is 28.5 Å². The van der Waals surface area contributed by atoms with Crippen LogP contribution in [0.1, 0.15) is 32.3 Å². The SMILES string of the molecule is CCCCOc1ccc(/C=c2\sc3nc4ccccc4n3c2=O)cc1OCC. The number of benzene rings is 2. The largest absolute Gasteiger partial charge is 0.490 e. The van der Waals surface area contributed by atoms with E-state index in [1.165, 1.54) is 11.3 Å². The maximum absolute atomic E-state index is 12.9. The molecule has 0 unspecified atom stereocenters. The predicted molar refractivity (Wildman–Crippen MR) is 114 cm³/mol. The Morgan fingerprint density at radius 3 is 2.79 bits per heavy atom. The molecule has 0 atom stereocenters. The average Bonchev–Trinajstić information content (AvgIpc) is 3.20. The van der Waals surface area contributed by atoms with Gasteiger partial charge in [-0.25, -0.2) is 9.38 Å². The lowest BCUT2D eigenvalue weighted by atomic mass is 10.2. The van der Waals surface area contributed by atoms with E-state index >= 15 is 0 Å². The van der Waals surface area contributed by atoms with Crippen LogP contribution in [0, 0.1) is 0 Å². The Balaban J connectivity index is 1.74. The van der Waals surface area contributed by atoms with Crippen molar-refractivity contribution < 1.29 is 9.47 Å². The Labute approximate surface area is 166 Å². The van der Waals surface area contributed by atoms with Crippen molar-refractivity contribution in [3.8, 4) is 11.5 Å². The van der Waals surface area contributed by atoms with Gasteiger partial charge in [0, 0.05) is 0 Å². The molecule has 6 heteroatoms. The minimum atomic E-state index is -0.0464. The average molecular weight is 394 g/mol. The quantitative estimate of drug-likeness (QED) is 0.444. The fourth-order valence-corrected chi connectivity index (χ4v) is 4.08. The van der Waals surface area contributed by atoms with Gasteiger partial charge in [-0.2, -0.15) is 0 Å². The third kappa shape index (κ3) is 3.47. The van der Waals surface area contributed by atoms with Crippen molar-refractivity contribution in [3.05, 3.63) is 62.9 Å². The summed E-state index contributed by atoms with van der Waals surface area (Å²) in [5.74, 6) is 1.44. The monoisotopic (exact) mass is 394 g/mol. The van der Waals surface area contributed by atoms with E-state index in [1.807, 2.05) is 55.5 Å². The van der Waals surface area contributed by atoms with Gasteiger partial charge in [0.15, 0.2) is 16.5 Å². The molecule has 0 spiro atoms. The van der Waals surface area contributed by atoms with Crippen molar-refractivity contribution in [1.29, 1.82) is 0 Å². The fourth-order valence-electron chi connectivity index (χ4n) is 3.09. The minimum absolute atomic E-state index is 0.0464. The van der Waals surface area contributed by atoms with E-state index in [2.05, 4.69) is 11.9 Å². The molecule has 0 aliphatic heterocycles. The summed E-state index contributed by atoms with van der Waals surface area (Å²) < 4.78 is 13.9. The lowest BCUT2D eigenvalue weighted by molar-refractivity contribution is 0.272. The fraction of sp³-hybridized carbons (Fsp3) is 0.273. The van der Waals surface area contributed by atoms with Crippen molar-refractivity contribution in [2.75, 3.05) is 13.2 Å². The van der Waals surface area contributed by atoms with Crippen LogP contribution in [0.3, 0.4) is 0 Å². The van der Waals surface area contributed by atoms with Gasteiger partial charge in [0.2, 0.25) is 0 Å². The summed E-state index contributed by atoms with van der Waals surface area (Å²) in [5, 5.41) is 0. The maximum atomic E-state index is 12.9. The van der Waals surface area contributed by atoms with Gasteiger partial charge in [0.05, 0.1) is 28.8 Å². The van der Waals surface area contributed by atoms with Crippen molar-refractivity contribution >= 4 is 33.4 Å². The number of nitrogens with zero attached hydrogens (tertiary/aromatic N) is 2. The maximum Gasteiger partial charge on any atom is 0.274 e. The molecule has 0 aliphatic carbocycles. The van der Waals surface area contributed by atoms with Crippen LogP contribution in [0.4, 0.5) is 0 Å². The highest BCUT2D eigenvalue weighted by Gasteiger charge is 2.11. The smallest absolute Gasteiger partial charge is 0.274 e. The number of thiazole rings is 1. The molecule has 0 saturated heterocycles. The molecular weight excluding hydrogens is 372 g/mol. The van der Waals surface area contributed by atoms with Gasteiger partial charge in [-0.3, -0.25) is 4.79 Å². The highest BCUT2D eigenvalue weighted by molar-refractivity contribution is 7.15. The molecule has 28 heavy (non-hydrogen) atoms. The number of imidazole rings is 1. The molecule has 4 aromatic rings. The van der Waals surface area contributed by atoms with E-state index in [1.54, 1.807) is 4.40 Å². The van der Waals surface area contributed by atoms with Crippen LogP contribution in [-0.2, 0) is 0 Å². The lowest BCUT2D eigenvalue weighted by Crippen LogP contribution is -2.22. The Morgan fingerprint density at radius 1 is 1.11 bits per heavy atom. The Hall–Kier alpha value is -2.86. The van der Waals surface area contributed by atoms with Crippen LogP contribution >= 0.6 is 11.3 Å². The molecule has 0 fully saturated rings. The van der Waals surface area contributed by atoms with Crippen LogP contribution in [0.15, 0.2) is 47.3 Å². The summed E-state index contributed by atoms with van der Waals surface area (Å²) in [5.41, 5.74) is 2.53. The molecule has 0 N–H and O–H groups in total. The summed E-state index contributed by atoms with van der Waals surface area (Å²) in [6.45, 7) is 5.30. The van der Waals surface area contributed by atoms with Crippen molar-refractivity contribution in [2.24, 2.45) is 0 Å². The van der Waals surface area contributed by atoms with E-state index in [9.17, 15) is 4.79 Å². The molecule has 0 saturated carbocycles. The summed E-state index contributed by atoms with van der Waals surface area (Å²) in [4.78, 5) is 18.2. The lowest BCUT2D eigenvalue weighted by Gasteiger charge is -2.12. The third-order valence-corrected chi connectivity index (χ3v) is 5.43. The highest BCUT2D eigenvalue weighted by atomic mass is 32.1. The van der Waals surface area contributed by atoms with Crippen LogP contribution in [0.5, 0.6) is 11.5 Å². The third-order valence-electron chi connectivity index (χ3n) is 4.47. The molecule has 2 aromatic carbocycles. The van der Waals surface area contributed by atoms with Gasteiger partial charge in [-0.15, -0.1) is 0 Å². The standard InChI is InChI=1S/C22H22N2O3S/c1-3-5-12-27-18-11-10-15(13-19(18)26-4-2)14-20-21(25)24-17-9-7-6-8-16(17)23-22(24)28-20/h6-11,13-14H,3-5,12H2,1-2H3/b20-14-. The summed E-state index contributed by atoms with van der Waals surface area (Å²) >= 11 is 1.40. The number of fused-ring (bicyclic) bond motifs is 3. The first-order valence-corrected chi connectivity index (χ1v) is 10.3. The van der Waals surface area contributed by atoms with Gasteiger partial charge >= 0.3 is 0 Å². The summed E-state index contributed by atoms with van der Waals surface area (Å²) in [6, 6.07) is 13.5. The van der Waals surface area contributed by atoms with Gasteiger partial charge in [0.1, 0.15) is 0 Å². The van der Waals surface area contributed by atoms with Gasteiger partial charge in [-0.1, -0.05) is 42.9 Å². The number of hydrogen-bond acceptors (Lipinski definition) is 5. The first-order valence-electron chi connectivity index (χ1n) is 9.52. The minimum Gasteiger partial charge on any atom is -0.490 e. The van der Waals surface area contributed by atoms with E-state index in [0.717, 1.165) is 35.2 Å².